The van der Waals surface area contributed by atoms with Crippen molar-refractivity contribution in [2.75, 3.05) is 11.9 Å². The topological polar surface area (TPSA) is 75.1 Å². The lowest BCUT2D eigenvalue weighted by atomic mass is 10.0. The molecule has 0 amide bonds. The van der Waals surface area contributed by atoms with E-state index in [-0.39, 0.29) is 18.4 Å². The first kappa shape index (κ1) is 20.9. The molecule has 5 nitrogen and oxygen atoms in total. The molecule has 2 aromatic carbocycles. The van der Waals surface area contributed by atoms with Gasteiger partial charge in [-0.25, -0.2) is 18.7 Å². The molecule has 0 aliphatic heterocycles. The number of carboxylic acid groups (broad SMARTS) is 1. The zero-order chi connectivity index (χ0) is 21.0. The molecule has 0 radical (unpaired) electrons. The van der Waals surface area contributed by atoms with E-state index in [1.165, 1.54) is 18.5 Å². The van der Waals surface area contributed by atoms with Gasteiger partial charge in [-0.1, -0.05) is 28.1 Å². The van der Waals surface area contributed by atoms with Gasteiger partial charge in [-0.15, -0.1) is 0 Å². The molecular weight excluding hydrogens is 444 g/mol. The summed E-state index contributed by atoms with van der Waals surface area (Å²) >= 11 is 3.06. The lowest BCUT2D eigenvalue weighted by molar-refractivity contribution is -0.136. The van der Waals surface area contributed by atoms with Crippen LogP contribution in [0.15, 0.2) is 47.2 Å². The van der Waals surface area contributed by atoms with E-state index in [9.17, 15) is 13.6 Å². The zero-order valence-electron chi connectivity index (χ0n) is 15.5. The molecule has 0 atom stereocenters. The van der Waals surface area contributed by atoms with Crippen LogP contribution in [0.2, 0.25) is 0 Å². The largest absolute Gasteiger partial charge is 0.481 e. The van der Waals surface area contributed by atoms with Gasteiger partial charge in [0.15, 0.2) is 0 Å². The minimum atomic E-state index is -0.881. The van der Waals surface area contributed by atoms with Crippen molar-refractivity contribution in [1.82, 2.24) is 9.97 Å². The summed E-state index contributed by atoms with van der Waals surface area (Å²) in [5.41, 5.74) is 3.10. The van der Waals surface area contributed by atoms with Crippen molar-refractivity contribution in [1.29, 1.82) is 0 Å². The summed E-state index contributed by atoms with van der Waals surface area (Å²) in [6.07, 6.45) is 1.53. The van der Waals surface area contributed by atoms with Gasteiger partial charge in [0.1, 0.15) is 23.8 Å². The van der Waals surface area contributed by atoms with Gasteiger partial charge in [-0.05, 0) is 42.7 Å². The van der Waals surface area contributed by atoms with E-state index >= 15 is 0 Å². The average molecular weight is 462 g/mol. The molecule has 29 heavy (non-hydrogen) atoms. The van der Waals surface area contributed by atoms with Crippen LogP contribution in [-0.2, 0) is 17.6 Å². The van der Waals surface area contributed by atoms with Gasteiger partial charge in [0.05, 0.1) is 12.1 Å². The van der Waals surface area contributed by atoms with E-state index in [0.29, 0.717) is 22.5 Å². The second-order valence-corrected chi connectivity index (χ2v) is 7.44. The Kier molecular flexibility index (Phi) is 6.53. The highest BCUT2D eigenvalue weighted by Gasteiger charge is 2.11. The molecule has 2 N–H and O–H groups in total. The van der Waals surface area contributed by atoms with Crippen molar-refractivity contribution in [2.24, 2.45) is 0 Å². The number of aliphatic carboxylic acids is 1. The second kappa shape index (κ2) is 9.09. The van der Waals surface area contributed by atoms with Gasteiger partial charge in [-0.2, -0.15) is 0 Å². The summed E-state index contributed by atoms with van der Waals surface area (Å²) in [5, 5.41) is 12.0. The van der Waals surface area contributed by atoms with Crippen molar-refractivity contribution in [3.05, 3.63) is 75.5 Å². The first-order chi connectivity index (χ1) is 13.8. The van der Waals surface area contributed by atoms with Crippen LogP contribution in [0.3, 0.4) is 0 Å². The molecule has 0 unspecified atom stereocenters. The molecule has 0 fully saturated rings. The maximum Gasteiger partial charge on any atom is 0.307 e. The third-order valence-electron chi connectivity index (χ3n) is 4.43. The molecule has 1 heterocycles. The average Bonchev–Trinajstić information content (AvgIpc) is 2.65. The standard InChI is InChI=1S/C21H18BrF2N3O2/c1-12-6-14(3-2-13(12)7-21(28)29)19-10-20(27-11-26-19)25-5-4-16-17(23)8-15(22)9-18(16)24/h2-3,6,8-11H,4-5,7H2,1H3,(H,28,29)(H,25,26,27). The Labute approximate surface area is 175 Å². The summed E-state index contributed by atoms with van der Waals surface area (Å²) in [7, 11) is 0. The van der Waals surface area contributed by atoms with E-state index in [1.54, 1.807) is 12.1 Å². The maximum atomic E-state index is 13.9. The van der Waals surface area contributed by atoms with E-state index in [2.05, 4.69) is 31.2 Å². The minimum absolute atomic E-state index is 0.0135. The summed E-state index contributed by atoms with van der Waals surface area (Å²) < 4.78 is 28.2. The molecule has 0 spiro atoms. The van der Waals surface area contributed by atoms with Crippen molar-refractivity contribution < 1.29 is 18.7 Å². The molecule has 0 saturated carbocycles. The van der Waals surface area contributed by atoms with Crippen molar-refractivity contribution in [2.45, 2.75) is 19.8 Å². The molecule has 3 rings (SSSR count). The van der Waals surface area contributed by atoms with E-state index in [1.807, 2.05) is 19.1 Å². The molecular formula is C21H18BrF2N3O2. The first-order valence-corrected chi connectivity index (χ1v) is 9.64. The summed E-state index contributed by atoms with van der Waals surface area (Å²) in [4.78, 5) is 19.3. The van der Waals surface area contributed by atoms with E-state index < -0.39 is 17.6 Å². The molecule has 1 aromatic heterocycles. The zero-order valence-corrected chi connectivity index (χ0v) is 17.1. The number of benzene rings is 2. The smallest absolute Gasteiger partial charge is 0.307 e. The normalized spacial score (nSPS) is 10.8. The Morgan fingerprint density at radius 2 is 1.86 bits per heavy atom. The highest BCUT2D eigenvalue weighted by Crippen LogP contribution is 2.23. The predicted octanol–water partition coefficient (Wildman–Crippen LogP) is 4.77. The van der Waals surface area contributed by atoms with Gasteiger partial charge in [0, 0.05) is 28.2 Å². The number of aryl methyl sites for hydroxylation is 1. The molecule has 0 bridgehead atoms. The Hall–Kier alpha value is -2.87. The number of nitrogens with zero attached hydrogens (tertiary/aromatic N) is 2. The van der Waals surface area contributed by atoms with Crippen molar-refractivity contribution >= 4 is 27.7 Å². The number of hydrogen-bond acceptors (Lipinski definition) is 4. The number of carboxylic acids is 1. The highest BCUT2D eigenvalue weighted by molar-refractivity contribution is 9.10. The van der Waals surface area contributed by atoms with Crippen LogP contribution in [0.25, 0.3) is 11.3 Å². The van der Waals surface area contributed by atoms with Gasteiger partial charge in [-0.3, -0.25) is 4.79 Å². The molecule has 3 aromatic rings. The van der Waals surface area contributed by atoms with E-state index in [0.717, 1.165) is 16.7 Å². The fourth-order valence-electron chi connectivity index (χ4n) is 2.95. The molecule has 0 aliphatic rings. The van der Waals surface area contributed by atoms with Crippen LogP contribution >= 0.6 is 15.9 Å². The van der Waals surface area contributed by atoms with Crippen LogP contribution in [0, 0.1) is 18.6 Å². The molecule has 150 valence electrons. The summed E-state index contributed by atoms with van der Waals surface area (Å²) in [5.74, 6) is -1.55. The minimum Gasteiger partial charge on any atom is -0.481 e. The Morgan fingerprint density at radius 1 is 1.14 bits per heavy atom. The highest BCUT2D eigenvalue weighted by atomic mass is 79.9. The van der Waals surface area contributed by atoms with Gasteiger partial charge >= 0.3 is 5.97 Å². The van der Waals surface area contributed by atoms with Crippen molar-refractivity contribution in [3.63, 3.8) is 0 Å². The van der Waals surface area contributed by atoms with Crippen LogP contribution in [0.1, 0.15) is 16.7 Å². The fourth-order valence-corrected chi connectivity index (χ4v) is 3.36. The summed E-state index contributed by atoms with van der Waals surface area (Å²) in [6.45, 7) is 2.14. The number of hydrogen-bond donors (Lipinski definition) is 2. The van der Waals surface area contributed by atoms with Gasteiger partial charge in [0.25, 0.3) is 0 Å². The number of aromatic nitrogens is 2. The maximum absolute atomic E-state index is 13.9. The van der Waals surface area contributed by atoms with Crippen LogP contribution in [0.5, 0.6) is 0 Å². The second-order valence-electron chi connectivity index (χ2n) is 6.53. The Bertz CT molecular complexity index is 1040. The number of carbonyl (C=O) groups is 1. The first-order valence-electron chi connectivity index (χ1n) is 8.84. The van der Waals surface area contributed by atoms with E-state index in [4.69, 9.17) is 5.11 Å². The van der Waals surface area contributed by atoms with Gasteiger partial charge < -0.3 is 10.4 Å². The third kappa shape index (κ3) is 5.35. The Morgan fingerprint density at radius 3 is 2.52 bits per heavy atom. The van der Waals surface area contributed by atoms with Gasteiger partial charge in [0.2, 0.25) is 0 Å². The van der Waals surface area contributed by atoms with Crippen LogP contribution < -0.4 is 5.32 Å². The molecule has 0 saturated heterocycles. The monoisotopic (exact) mass is 461 g/mol. The Balaban J connectivity index is 1.70. The number of anilines is 1. The van der Waals surface area contributed by atoms with Crippen molar-refractivity contribution in [3.8, 4) is 11.3 Å². The van der Waals surface area contributed by atoms with Crippen LogP contribution in [-0.4, -0.2) is 27.6 Å². The fraction of sp³-hybridized carbons (Fsp3) is 0.190. The summed E-state index contributed by atoms with van der Waals surface area (Å²) in [6, 6.07) is 9.66. The lowest BCUT2D eigenvalue weighted by Gasteiger charge is -2.10. The lowest BCUT2D eigenvalue weighted by Crippen LogP contribution is -2.09. The quantitative estimate of drug-likeness (QED) is 0.529. The predicted molar refractivity (Wildman–Crippen MR) is 110 cm³/mol. The number of rotatable bonds is 7. The number of halogens is 3. The SMILES string of the molecule is Cc1cc(-c2cc(NCCc3c(F)cc(Br)cc3F)ncn2)ccc1CC(=O)O. The number of nitrogens with one attached hydrogen (secondary N) is 1. The van der Waals surface area contributed by atoms with Crippen LogP contribution in [0.4, 0.5) is 14.6 Å². The molecule has 0 aliphatic carbocycles. The molecule has 8 heteroatoms. The third-order valence-corrected chi connectivity index (χ3v) is 4.89.